The first-order valence-corrected chi connectivity index (χ1v) is 12.0. The number of carbonyl (C=O) groups is 1. The lowest BCUT2D eigenvalue weighted by Gasteiger charge is -2.15. The highest BCUT2D eigenvalue weighted by atomic mass is 32.1. The van der Waals surface area contributed by atoms with Gasteiger partial charge in [0.2, 0.25) is 0 Å². The van der Waals surface area contributed by atoms with Gasteiger partial charge in [-0.25, -0.2) is 0 Å². The molecule has 1 aromatic heterocycles. The summed E-state index contributed by atoms with van der Waals surface area (Å²) in [5.74, 6) is 0.407. The van der Waals surface area contributed by atoms with Crippen molar-refractivity contribution in [3.8, 4) is 17.0 Å². The molecule has 36 heavy (non-hydrogen) atoms. The predicted molar refractivity (Wildman–Crippen MR) is 147 cm³/mol. The summed E-state index contributed by atoms with van der Waals surface area (Å²) >= 11 is 5.42. The Kier molecular flexibility index (Phi) is 8.33. The Morgan fingerprint density at radius 2 is 1.64 bits per heavy atom. The van der Waals surface area contributed by atoms with E-state index in [1.165, 1.54) is 5.56 Å². The summed E-state index contributed by atoms with van der Waals surface area (Å²) in [7, 11) is 0. The van der Waals surface area contributed by atoms with E-state index in [0.717, 1.165) is 23.2 Å². The third kappa shape index (κ3) is 6.71. The van der Waals surface area contributed by atoms with Crippen molar-refractivity contribution in [1.29, 1.82) is 0 Å². The molecule has 0 fully saturated rings. The van der Waals surface area contributed by atoms with Crippen LogP contribution in [0.3, 0.4) is 0 Å². The first-order valence-electron chi connectivity index (χ1n) is 11.6. The largest absolute Gasteiger partial charge is 0.424 e. The molecule has 1 atom stereocenters. The Hall–Kier alpha value is -4.14. The van der Waals surface area contributed by atoms with Crippen molar-refractivity contribution in [3.63, 3.8) is 0 Å². The van der Waals surface area contributed by atoms with Gasteiger partial charge in [0.15, 0.2) is 16.7 Å². The number of benzene rings is 3. The van der Waals surface area contributed by atoms with Crippen molar-refractivity contribution in [2.45, 2.75) is 25.8 Å². The number of thiocarbonyl (C=S) groups is 1. The van der Waals surface area contributed by atoms with E-state index in [2.05, 4.69) is 27.8 Å². The lowest BCUT2D eigenvalue weighted by molar-refractivity contribution is -0.134. The second-order valence-electron chi connectivity index (χ2n) is 8.12. The van der Waals surface area contributed by atoms with E-state index in [-0.39, 0.29) is 11.5 Å². The number of nitrogens with two attached hydrogens (primary N) is 1. The van der Waals surface area contributed by atoms with Crippen LogP contribution in [-0.4, -0.2) is 21.3 Å². The van der Waals surface area contributed by atoms with Crippen molar-refractivity contribution in [1.82, 2.24) is 10.2 Å². The number of rotatable bonds is 8. The summed E-state index contributed by atoms with van der Waals surface area (Å²) in [4.78, 5) is 12.6. The van der Waals surface area contributed by atoms with Gasteiger partial charge in [0.25, 0.3) is 0 Å². The lowest BCUT2D eigenvalue weighted by Crippen LogP contribution is -2.22. The highest BCUT2D eigenvalue weighted by molar-refractivity contribution is 7.80. The molecule has 8 heteroatoms. The van der Waals surface area contributed by atoms with Crippen LogP contribution in [0.15, 0.2) is 91.0 Å². The standard InChI is InChI=1S/C28H27N5O2S/c1-2-19-12-14-20(15-13-19)22(29)18-27(34)35-25-11-7-6-10-24(25)30-28(36)31-26-17-16-23(32-33-26)21-8-4-3-5-9-21/h3-17,22H,2,18,29H2,1H3,(H2,30,31,33,36). The first kappa shape index (κ1) is 25.0. The number of para-hydroxylation sites is 2. The predicted octanol–water partition coefficient (Wildman–Crippen LogP) is 5.51. The van der Waals surface area contributed by atoms with E-state index in [1.54, 1.807) is 24.3 Å². The molecule has 182 valence electrons. The van der Waals surface area contributed by atoms with Crippen LogP contribution >= 0.6 is 12.2 Å². The van der Waals surface area contributed by atoms with Crippen molar-refractivity contribution in [3.05, 3.63) is 102 Å². The molecule has 3 aromatic carbocycles. The number of hydrogen-bond donors (Lipinski definition) is 3. The van der Waals surface area contributed by atoms with Crippen LogP contribution in [0.25, 0.3) is 11.3 Å². The van der Waals surface area contributed by atoms with Gasteiger partial charge >= 0.3 is 5.97 Å². The Morgan fingerprint density at radius 1 is 0.917 bits per heavy atom. The molecule has 0 spiro atoms. The topological polar surface area (TPSA) is 102 Å². The Labute approximate surface area is 215 Å². The lowest BCUT2D eigenvalue weighted by atomic mass is 10.0. The molecule has 4 aromatic rings. The average molecular weight is 498 g/mol. The maximum atomic E-state index is 12.6. The monoisotopic (exact) mass is 497 g/mol. The molecule has 0 amide bonds. The molecular formula is C28H27N5O2S. The molecule has 0 bridgehead atoms. The number of aryl methyl sites for hydroxylation is 1. The Bertz CT molecular complexity index is 1310. The summed E-state index contributed by atoms with van der Waals surface area (Å²) < 4.78 is 5.60. The molecule has 0 aliphatic heterocycles. The van der Waals surface area contributed by atoms with Crippen molar-refractivity contribution < 1.29 is 9.53 Å². The van der Waals surface area contributed by atoms with Crippen LogP contribution < -0.4 is 21.1 Å². The van der Waals surface area contributed by atoms with E-state index in [9.17, 15) is 4.79 Å². The number of carbonyl (C=O) groups excluding carboxylic acids is 1. The maximum absolute atomic E-state index is 12.6. The minimum absolute atomic E-state index is 0.0475. The molecule has 0 saturated carbocycles. The van der Waals surface area contributed by atoms with Gasteiger partial charge in [-0.05, 0) is 54.0 Å². The molecule has 1 heterocycles. The zero-order chi connectivity index (χ0) is 25.3. The van der Waals surface area contributed by atoms with Crippen LogP contribution in [-0.2, 0) is 11.2 Å². The van der Waals surface area contributed by atoms with E-state index < -0.39 is 12.0 Å². The van der Waals surface area contributed by atoms with Gasteiger partial charge in [-0.3, -0.25) is 4.79 Å². The second-order valence-corrected chi connectivity index (χ2v) is 8.53. The highest BCUT2D eigenvalue weighted by Crippen LogP contribution is 2.26. The summed E-state index contributed by atoms with van der Waals surface area (Å²) in [6, 6.07) is 28.0. The summed E-state index contributed by atoms with van der Waals surface area (Å²) in [6.07, 6.45) is 0.996. The van der Waals surface area contributed by atoms with E-state index in [0.29, 0.717) is 17.3 Å². The third-order valence-electron chi connectivity index (χ3n) is 5.54. The van der Waals surface area contributed by atoms with Crippen molar-refractivity contribution in [2.75, 3.05) is 10.6 Å². The van der Waals surface area contributed by atoms with E-state index in [4.69, 9.17) is 22.7 Å². The molecule has 0 radical (unpaired) electrons. The van der Waals surface area contributed by atoms with Crippen molar-refractivity contribution in [2.24, 2.45) is 5.73 Å². The molecule has 4 rings (SSSR count). The fraction of sp³-hybridized carbons (Fsp3) is 0.143. The van der Waals surface area contributed by atoms with Gasteiger partial charge < -0.3 is 21.1 Å². The van der Waals surface area contributed by atoms with Crippen LogP contribution in [0, 0.1) is 0 Å². The van der Waals surface area contributed by atoms with Gasteiger partial charge in [-0.2, -0.15) is 0 Å². The van der Waals surface area contributed by atoms with Crippen LogP contribution in [0.4, 0.5) is 11.5 Å². The summed E-state index contributed by atoms with van der Waals surface area (Å²) in [5, 5.41) is 14.8. The summed E-state index contributed by atoms with van der Waals surface area (Å²) in [6.45, 7) is 2.09. The number of aromatic nitrogens is 2. The smallest absolute Gasteiger partial charge is 0.313 e. The minimum Gasteiger partial charge on any atom is -0.424 e. The van der Waals surface area contributed by atoms with Gasteiger partial charge in [0, 0.05) is 11.6 Å². The fourth-order valence-electron chi connectivity index (χ4n) is 3.55. The second kappa shape index (κ2) is 12.0. The maximum Gasteiger partial charge on any atom is 0.313 e. The van der Waals surface area contributed by atoms with Crippen molar-refractivity contribution >= 4 is 34.8 Å². The molecule has 0 saturated heterocycles. The molecule has 4 N–H and O–H groups in total. The minimum atomic E-state index is -0.455. The average Bonchev–Trinajstić information content (AvgIpc) is 2.90. The van der Waals surface area contributed by atoms with E-state index in [1.807, 2.05) is 66.7 Å². The number of ether oxygens (including phenoxy) is 1. The molecular weight excluding hydrogens is 470 g/mol. The third-order valence-corrected chi connectivity index (χ3v) is 5.74. The normalized spacial score (nSPS) is 11.4. The molecule has 0 aliphatic carbocycles. The fourth-order valence-corrected chi connectivity index (χ4v) is 3.77. The number of hydrogen-bond acceptors (Lipinski definition) is 6. The number of esters is 1. The van der Waals surface area contributed by atoms with Crippen LogP contribution in [0.5, 0.6) is 5.75 Å². The first-order chi connectivity index (χ1) is 17.5. The number of nitrogens with zero attached hydrogens (tertiary/aromatic N) is 2. The van der Waals surface area contributed by atoms with Crippen LogP contribution in [0.2, 0.25) is 0 Å². The molecule has 1 unspecified atom stereocenters. The number of anilines is 2. The zero-order valence-corrected chi connectivity index (χ0v) is 20.7. The van der Waals surface area contributed by atoms with Gasteiger partial charge in [0.1, 0.15) is 0 Å². The van der Waals surface area contributed by atoms with Gasteiger partial charge in [-0.15, -0.1) is 10.2 Å². The summed E-state index contributed by atoms with van der Waals surface area (Å²) in [5.41, 5.74) is 10.6. The highest BCUT2D eigenvalue weighted by Gasteiger charge is 2.16. The quantitative estimate of drug-likeness (QED) is 0.166. The van der Waals surface area contributed by atoms with Gasteiger partial charge in [-0.1, -0.05) is 73.7 Å². The molecule has 0 aliphatic rings. The Morgan fingerprint density at radius 3 is 2.33 bits per heavy atom. The van der Waals surface area contributed by atoms with Gasteiger partial charge in [0.05, 0.1) is 17.8 Å². The number of nitrogens with one attached hydrogen (secondary N) is 2. The SMILES string of the molecule is CCc1ccc(C(N)CC(=O)Oc2ccccc2NC(=S)Nc2ccc(-c3ccccc3)nn2)cc1. The zero-order valence-electron chi connectivity index (χ0n) is 19.8. The Balaban J connectivity index is 1.35. The molecule has 7 nitrogen and oxygen atoms in total. The van der Waals surface area contributed by atoms with E-state index >= 15 is 0 Å². The van der Waals surface area contributed by atoms with Crippen LogP contribution in [0.1, 0.15) is 30.5 Å².